The van der Waals surface area contributed by atoms with Crippen LogP contribution in [0.3, 0.4) is 0 Å². The van der Waals surface area contributed by atoms with Gasteiger partial charge in [0.15, 0.2) is 0 Å². The van der Waals surface area contributed by atoms with E-state index in [2.05, 4.69) is 6.92 Å². The molecular weight excluding hydrogens is 275 g/mol. The van der Waals surface area contributed by atoms with Crippen LogP contribution >= 0.6 is 35.0 Å². The highest BCUT2D eigenvalue weighted by atomic mass is 35.5. The largest absolute Gasteiger partial charge is 0.364 e. The Morgan fingerprint density at radius 2 is 2.12 bits per heavy atom. The maximum Gasteiger partial charge on any atom is 0.119 e. The van der Waals surface area contributed by atoms with Gasteiger partial charge >= 0.3 is 0 Å². The average Bonchev–Trinajstić information content (AvgIpc) is 3.05. The summed E-state index contributed by atoms with van der Waals surface area (Å²) in [7, 11) is 0. The first-order valence-corrected chi connectivity index (χ1v) is 7.76. The molecule has 0 aromatic heterocycles. The Balaban J connectivity index is 2.00. The number of ether oxygens (including phenoxy) is 1. The molecule has 94 valence electrons. The van der Waals surface area contributed by atoms with E-state index in [-0.39, 0.29) is 5.60 Å². The van der Waals surface area contributed by atoms with Crippen molar-refractivity contribution in [3.8, 4) is 0 Å². The van der Waals surface area contributed by atoms with Crippen LogP contribution in [0.2, 0.25) is 10.0 Å². The van der Waals surface area contributed by atoms with Crippen molar-refractivity contribution in [1.29, 1.82) is 0 Å². The van der Waals surface area contributed by atoms with E-state index in [1.165, 1.54) is 12.2 Å². The fourth-order valence-corrected chi connectivity index (χ4v) is 3.41. The first-order chi connectivity index (χ1) is 8.18. The average molecular weight is 291 g/mol. The molecule has 0 radical (unpaired) electrons. The molecule has 17 heavy (non-hydrogen) atoms. The molecule has 4 heteroatoms. The molecule has 1 saturated heterocycles. The van der Waals surface area contributed by atoms with Crippen LogP contribution in [0.1, 0.15) is 25.3 Å². The molecule has 1 nitrogen and oxygen atoms in total. The third-order valence-electron chi connectivity index (χ3n) is 2.91. The second-order valence-corrected chi connectivity index (χ2v) is 6.34. The van der Waals surface area contributed by atoms with Gasteiger partial charge in [-0.05, 0) is 36.5 Å². The molecule has 0 bridgehead atoms. The highest BCUT2D eigenvalue weighted by molar-refractivity contribution is 7.99. The van der Waals surface area contributed by atoms with Crippen molar-refractivity contribution in [3.05, 3.63) is 33.8 Å². The lowest BCUT2D eigenvalue weighted by Crippen LogP contribution is -2.11. The first kappa shape index (κ1) is 13.5. The van der Waals surface area contributed by atoms with Gasteiger partial charge in [0.2, 0.25) is 0 Å². The van der Waals surface area contributed by atoms with Gasteiger partial charge in [-0.15, -0.1) is 0 Å². The van der Waals surface area contributed by atoms with Gasteiger partial charge in [0.1, 0.15) is 5.60 Å². The Morgan fingerprint density at radius 1 is 1.35 bits per heavy atom. The molecule has 1 unspecified atom stereocenters. The monoisotopic (exact) mass is 290 g/mol. The molecule has 1 aromatic rings. The van der Waals surface area contributed by atoms with Crippen molar-refractivity contribution in [2.75, 3.05) is 18.1 Å². The summed E-state index contributed by atoms with van der Waals surface area (Å²) in [5, 5.41) is 1.39. The van der Waals surface area contributed by atoms with Gasteiger partial charge in [-0.3, -0.25) is 0 Å². The fourth-order valence-electron chi connectivity index (χ4n) is 1.86. The van der Waals surface area contributed by atoms with Crippen LogP contribution in [0.5, 0.6) is 0 Å². The number of thioether (sulfide) groups is 1. The van der Waals surface area contributed by atoms with Gasteiger partial charge in [0, 0.05) is 15.6 Å². The van der Waals surface area contributed by atoms with Crippen molar-refractivity contribution in [2.24, 2.45) is 0 Å². The highest BCUT2D eigenvalue weighted by Crippen LogP contribution is 2.46. The molecule has 1 fully saturated rings. The Labute approximate surface area is 117 Å². The minimum Gasteiger partial charge on any atom is -0.364 e. The summed E-state index contributed by atoms with van der Waals surface area (Å²) < 4.78 is 5.64. The molecule has 0 N–H and O–H groups in total. The third kappa shape index (κ3) is 3.31. The summed E-state index contributed by atoms with van der Waals surface area (Å²) in [4.78, 5) is 0. The van der Waals surface area contributed by atoms with E-state index in [1.54, 1.807) is 6.07 Å². The fraction of sp³-hybridized carbons (Fsp3) is 0.538. The van der Waals surface area contributed by atoms with Crippen molar-refractivity contribution in [2.45, 2.75) is 25.4 Å². The van der Waals surface area contributed by atoms with E-state index in [1.807, 2.05) is 23.9 Å². The van der Waals surface area contributed by atoms with Crippen molar-refractivity contribution >= 4 is 35.0 Å². The number of benzene rings is 1. The first-order valence-electron chi connectivity index (χ1n) is 5.85. The summed E-state index contributed by atoms with van der Waals surface area (Å²) in [5.74, 6) is 2.33. The predicted octanol–water partition coefficient (Wildman–Crippen LogP) is 4.75. The van der Waals surface area contributed by atoms with E-state index >= 15 is 0 Å². The Bertz CT molecular complexity index is 391. The van der Waals surface area contributed by atoms with Crippen LogP contribution in [0.4, 0.5) is 0 Å². The van der Waals surface area contributed by atoms with Gasteiger partial charge in [0.25, 0.3) is 0 Å². The second kappa shape index (κ2) is 5.83. The van der Waals surface area contributed by atoms with Crippen LogP contribution in [0.15, 0.2) is 18.2 Å². The molecule has 2 rings (SSSR count). The zero-order valence-corrected chi connectivity index (χ0v) is 12.2. The molecule has 1 heterocycles. The van der Waals surface area contributed by atoms with Gasteiger partial charge in [0.05, 0.1) is 6.61 Å². The van der Waals surface area contributed by atoms with Crippen LogP contribution in [-0.2, 0) is 10.3 Å². The van der Waals surface area contributed by atoms with Crippen molar-refractivity contribution in [3.63, 3.8) is 0 Å². The molecule has 0 amide bonds. The normalized spacial score (nSPS) is 22.8. The molecular formula is C13H16Cl2OS. The van der Waals surface area contributed by atoms with Gasteiger partial charge in [-0.2, -0.15) is 11.8 Å². The highest BCUT2D eigenvalue weighted by Gasteiger charge is 2.47. The minimum absolute atomic E-state index is 0.136. The van der Waals surface area contributed by atoms with Gasteiger partial charge in [-0.25, -0.2) is 0 Å². The number of rotatable bonds is 6. The van der Waals surface area contributed by atoms with Gasteiger partial charge < -0.3 is 4.74 Å². The molecule has 0 spiro atoms. The number of halogens is 2. The number of hydrogen-bond acceptors (Lipinski definition) is 2. The van der Waals surface area contributed by atoms with Gasteiger partial charge in [-0.1, -0.05) is 36.2 Å². The SMILES string of the molecule is CCCSCCC1(c2ccc(Cl)cc2Cl)CO1. The van der Waals surface area contributed by atoms with E-state index in [9.17, 15) is 0 Å². The predicted molar refractivity (Wildman–Crippen MR) is 76.3 cm³/mol. The lowest BCUT2D eigenvalue weighted by atomic mass is 9.97. The lowest BCUT2D eigenvalue weighted by Gasteiger charge is -2.14. The van der Waals surface area contributed by atoms with E-state index in [0.717, 1.165) is 29.4 Å². The summed E-state index contributed by atoms with van der Waals surface area (Å²) in [5.41, 5.74) is 0.947. The van der Waals surface area contributed by atoms with Crippen molar-refractivity contribution < 1.29 is 4.74 Å². The summed E-state index contributed by atoms with van der Waals surface area (Å²) in [6, 6.07) is 5.66. The van der Waals surface area contributed by atoms with Crippen LogP contribution in [0, 0.1) is 0 Å². The molecule has 1 aromatic carbocycles. The summed E-state index contributed by atoms with van der Waals surface area (Å²) in [6.45, 7) is 2.98. The van der Waals surface area contributed by atoms with Crippen LogP contribution < -0.4 is 0 Å². The quantitative estimate of drug-likeness (QED) is 0.554. The molecule has 1 aliphatic rings. The Kier molecular flexibility index (Phi) is 4.65. The van der Waals surface area contributed by atoms with E-state index in [0.29, 0.717) is 5.02 Å². The molecule has 0 saturated carbocycles. The number of hydrogen-bond donors (Lipinski definition) is 0. The molecule has 1 atom stereocenters. The van der Waals surface area contributed by atoms with E-state index < -0.39 is 0 Å². The Morgan fingerprint density at radius 3 is 2.71 bits per heavy atom. The molecule has 1 aliphatic heterocycles. The van der Waals surface area contributed by atoms with Crippen LogP contribution in [-0.4, -0.2) is 18.1 Å². The van der Waals surface area contributed by atoms with Crippen molar-refractivity contribution in [1.82, 2.24) is 0 Å². The second-order valence-electron chi connectivity index (χ2n) is 4.27. The topological polar surface area (TPSA) is 12.5 Å². The van der Waals surface area contributed by atoms with E-state index in [4.69, 9.17) is 27.9 Å². The zero-order chi connectivity index (χ0) is 12.3. The number of epoxide rings is 1. The third-order valence-corrected chi connectivity index (χ3v) is 4.65. The smallest absolute Gasteiger partial charge is 0.119 e. The standard InChI is InChI=1S/C13H16Cl2OS/c1-2-6-17-7-5-13(9-16-13)11-4-3-10(14)8-12(11)15/h3-4,8H,2,5-7,9H2,1H3. The van der Waals surface area contributed by atoms with Crippen LogP contribution in [0.25, 0.3) is 0 Å². The lowest BCUT2D eigenvalue weighted by molar-refractivity contribution is 0.302. The zero-order valence-electron chi connectivity index (χ0n) is 9.84. The summed E-state index contributed by atoms with van der Waals surface area (Å²) >= 11 is 14.1. The minimum atomic E-state index is -0.136. The summed E-state index contributed by atoms with van der Waals surface area (Å²) in [6.07, 6.45) is 2.25. The molecule has 0 aliphatic carbocycles. The maximum absolute atomic E-state index is 6.22. The maximum atomic E-state index is 6.22. The Hall–Kier alpha value is 0.110.